The highest BCUT2D eigenvalue weighted by atomic mass is 32.1. The summed E-state index contributed by atoms with van der Waals surface area (Å²) in [5, 5.41) is 5.80. The number of nitrogens with zero attached hydrogens (tertiary/aromatic N) is 1. The van der Waals surface area contributed by atoms with Crippen LogP contribution in [0.15, 0.2) is 53.9 Å². The van der Waals surface area contributed by atoms with Gasteiger partial charge in [-0.25, -0.2) is 9.37 Å². The number of carbonyl (C=O) groups is 1. The third-order valence-electron chi connectivity index (χ3n) is 4.16. The van der Waals surface area contributed by atoms with E-state index in [1.54, 1.807) is 30.4 Å². The SMILES string of the molecule is CC(=O)N[C@@H](C)CCc1ccc(-c2csc(-c3ccc(F)cc3)n2)cc1. The summed E-state index contributed by atoms with van der Waals surface area (Å²) < 4.78 is 13.0. The molecular weight excluding hydrogens is 347 g/mol. The van der Waals surface area contributed by atoms with Gasteiger partial charge in [0, 0.05) is 29.5 Å². The van der Waals surface area contributed by atoms with Crippen molar-refractivity contribution < 1.29 is 9.18 Å². The zero-order valence-corrected chi connectivity index (χ0v) is 15.6. The van der Waals surface area contributed by atoms with E-state index in [4.69, 9.17) is 0 Å². The zero-order valence-electron chi connectivity index (χ0n) is 14.8. The van der Waals surface area contributed by atoms with Crippen molar-refractivity contribution >= 4 is 17.2 Å². The molecule has 1 aromatic heterocycles. The van der Waals surface area contributed by atoms with Gasteiger partial charge in [0.2, 0.25) is 5.91 Å². The first-order valence-electron chi connectivity index (χ1n) is 8.59. The normalized spacial score (nSPS) is 12.0. The van der Waals surface area contributed by atoms with Gasteiger partial charge in [-0.15, -0.1) is 11.3 Å². The number of hydrogen-bond donors (Lipinski definition) is 1. The van der Waals surface area contributed by atoms with Crippen molar-refractivity contribution in [2.24, 2.45) is 0 Å². The van der Waals surface area contributed by atoms with Gasteiger partial charge in [0.15, 0.2) is 0 Å². The first-order valence-corrected chi connectivity index (χ1v) is 9.47. The summed E-state index contributed by atoms with van der Waals surface area (Å²) in [4.78, 5) is 15.7. The van der Waals surface area contributed by atoms with Crippen LogP contribution in [0.5, 0.6) is 0 Å². The van der Waals surface area contributed by atoms with Gasteiger partial charge in [0.05, 0.1) is 5.69 Å². The van der Waals surface area contributed by atoms with E-state index in [0.717, 1.165) is 34.7 Å². The van der Waals surface area contributed by atoms with Crippen molar-refractivity contribution in [1.29, 1.82) is 0 Å². The minimum atomic E-state index is -0.242. The quantitative estimate of drug-likeness (QED) is 0.660. The molecule has 0 fully saturated rings. The fourth-order valence-corrected chi connectivity index (χ4v) is 3.61. The largest absolute Gasteiger partial charge is 0.354 e. The molecule has 134 valence electrons. The predicted octanol–water partition coefficient (Wildman–Crippen LogP) is 5.07. The maximum absolute atomic E-state index is 13.0. The third-order valence-corrected chi connectivity index (χ3v) is 5.05. The van der Waals surface area contributed by atoms with Crippen molar-refractivity contribution in [3.8, 4) is 21.8 Å². The molecule has 0 aliphatic carbocycles. The number of aryl methyl sites for hydroxylation is 1. The van der Waals surface area contributed by atoms with E-state index in [-0.39, 0.29) is 17.8 Å². The van der Waals surface area contributed by atoms with Gasteiger partial charge in [0.25, 0.3) is 0 Å². The smallest absolute Gasteiger partial charge is 0.217 e. The van der Waals surface area contributed by atoms with Crippen LogP contribution in [-0.4, -0.2) is 16.9 Å². The number of rotatable bonds is 6. The first-order chi connectivity index (χ1) is 12.5. The molecule has 0 bridgehead atoms. The topological polar surface area (TPSA) is 42.0 Å². The summed E-state index contributed by atoms with van der Waals surface area (Å²) in [7, 11) is 0. The molecule has 0 saturated heterocycles. The molecule has 3 nitrogen and oxygen atoms in total. The molecule has 1 amide bonds. The molecule has 1 heterocycles. The average Bonchev–Trinajstić information content (AvgIpc) is 3.10. The van der Waals surface area contributed by atoms with E-state index < -0.39 is 0 Å². The number of aromatic nitrogens is 1. The molecule has 0 radical (unpaired) electrons. The molecule has 0 saturated carbocycles. The zero-order chi connectivity index (χ0) is 18.5. The lowest BCUT2D eigenvalue weighted by molar-refractivity contribution is -0.119. The molecule has 1 atom stereocenters. The lowest BCUT2D eigenvalue weighted by Gasteiger charge is -2.12. The van der Waals surface area contributed by atoms with E-state index in [0.29, 0.717) is 0 Å². The summed E-state index contributed by atoms with van der Waals surface area (Å²) in [6, 6.07) is 14.9. The van der Waals surface area contributed by atoms with E-state index in [1.165, 1.54) is 17.7 Å². The summed E-state index contributed by atoms with van der Waals surface area (Å²) in [5.41, 5.74) is 4.15. The number of thiazole rings is 1. The number of hydrogen-bond acceptors (Lipinski definition) is 3. The standard InChI is InChI=1S/C21H21FN2OS/c1-14(23-15(2)25)3-4-16-5-7-17(8-6-16)20-13-26-21(24-20)18-9-11-19(22)12-10-18/h5-14H,3-4H2,1-2H3,(H,23,25)/t14-/m0/s1. The van der Waals surface area contributed by atoms with Gasteiger partial charge in [0.1, 0.15) is 10.8 Å². The Morgan fingerprint density at radius 3 is 2.42 bits per heavy atom. The second kappa shape index (κ2) is 8.23. The maximum atomic E-state index is 13.0. The Labute approximate surface area is 156 Å². The van der Waals surface area contributed by atoms with E-state index >= 15 is 0 Å². The fourth-order valence-electron chi connectivity index (χ4n) is 2.78. The molecule has 3 rings (SSSR count). The maximum Gasteiger partial charge on any atom is 0.217 e. The molecular formula is C21H21FN2OS. The Kier molecular flexibility index (Phi) is 5.78. The summed E-state index contributed by atoms with van der Waals surface area (Å²) in [6.07, 6.45) is 1.82. The van der Waals surface area contributed by atoms with Crippen LogP contribution in [0.25, 0.3) is 21.8 Å². The highest BCUT2D eigenvalue weighted by molar-refractivity contribution is 7.13. The molecule has 3 aromatic rings. The van der Waals surface area contributed by atoms with Crippen LogP contribution >= 0.6 is 11.3 Å². The molecule has 0 aliphatic heterocycles. The molecule has 5 heteroatoms. The van der Waals surface area contributed by atoms with Gasteiger partial charge in [-0.05, 0) is 49.6 Å². The van der Waals surface area contributed by atoms with E-state index in [2.05, 4.69) is 34.6 Å². The van der Waals surface area contributed by atoms with Crippen molar-refractivity contribution in [3.63, 3.8) is 0 Å². The molecule has 1 N–H and O–H groups in total. The van der Waals surface area contributed by atoms with Gasteiger partial charge < -0.3 is 5.32 Å². The average molecular weight is 368 g/mol. The fraction of sp³-hybridized carbons (Fsp3) is 0.238. The van der Waals surface area contributed by atoms with Gasteiger partial charge in [-0.1, -0.05) is 24.3 Å². The van der Waals surface area contributed by atoms with Gasteiger partial charge >= 0.3 is 0 Å². The number of carbonyl (C=O) groups excluding carboxylic acids is 1. The first kappa shape index (κ1) is 18.3. The Morgan fingerprint density at radius 2 is 1.77 bits per heavy atom. The van der Waals surface area contributed by atoms with Crippen LogP contribution < -0.4 is 5.32 Å². The van der Waals surface area contributed by atoms with E-state index in [9.17, 15) is 9.18 Å². The number of halogens is 1. The minimum absolute atomic E-state index is 0.00772. The minimum Gasteiger partial charge on any atom is -0.354 e. The second-order valence-corrected chi connectivity index (χ2v) is 7.24. The number of amides is 1. The molecule has 2 aromatic carbocycles. The van der Waals surface area contributed by atoms with Gasteiger partial charge in [-0.3, -0.25) is 4.79 Å². The summed E-state index contributed by atoms with van der Waals surface area (Å²) in [6.45, 7) is 3.56. The monoisotopic (exact) mass is 368 g/mol. The van der Waals surface area contributed by atoms with Crippen LogP contribution in [0.3, 0.4) is 0 Å². The third kappa shape index (κ3) is 4.76. The molecule has 0 unspecified atom stereocenters. The van der Waals surface area contributed by atoms with Crippen LogP contribution in [-0.2, 0) is 11.2 Å². The lowest BCUT2D eigenvalue weighted by Crippen LogP contribution is -2.30. The summed E-state index contributed by atoms with van der Waals surface area (Å²) in [5.74, 6) is -0.234. The Balaban J connectivity index is 1.65. The summed E-state index contributed by atoms with van der Waals surface area (Å²) >= 11 is 1.55. The van der Waals surface area contributed by atoms with Crippen LogP contribution in [0.4, 0.5) is 4.39 Å². The number of nitrogens with one attached hydrogen (secondary N) is 1. The number of benzene rings is 2. The van der Waals surface area contributed by atoms with Crippen LogP contribution in [0, 0.1) is 5.82 Å². The molecule has 0 aliphatic rings. The van der Waals surface area contributed by atoms with E-state index in [1.807, 2.05) is 12.3 Å². The molecule has 0 spiro atoms. The second-order valence-electron chi connectivity index (χ2n) is 6.38. The molecule has 26 heavy (non-hydrogen) atoms. The van der Waals surface area contributed by atoms with Crippen molar-refractivity contribution in [2.45, 2.75) is 32.7 Å². The highest BCUT2D eigenvalue weighted by Crippen LogP contribution is 2.29. The lowest BCUT2D eigenvalue weighted by atomic mass is 10.0. The predicted molar refractivity (Wildman–Crippen MR) is 105 cm³/mol. The Morgan fingerprint density at radius 1 is 1.12 bits per heavy atom. The highest BCUT2D eigenvalue weighted by Gasteiger charge is 2.08. The Hall–Kier alpha value is -2.53. The van der Waals surface area contributed by atoms with Crippen molar-refractivity contribution in [2.75, 3.05) is 0 Å². The van der Waals surface area contributed by atoms with Gasteiger partial charge in [-0.2, -0.15) is 0 Å². The van der Waals surface area contributed by atoms with Crippen LogP contribution in [0.1, 0.15) is 25.8 Å². The van der Waals surface area contributed by atoms with Crippen molar-refractivity contribution in [1.82, 2.24) is 10.3 Å². The van der Waals surface area contributed by atoms with Crippen molar-refractivity contribution in [3.05, 3.63) is 65.3 Å². The Bertz CT molecular complexity index is 872. The van der Waals surface area contributed by atoms with Crippen LogP contribution in [0.2, 0.25) is 0 Å².